The van der Waals surface area contributed by atoms with Crippen LogP contribution < -0.4 is 10.6 Å². The molecule has 1 aliphatic heterocycles. The van der Waals surface area contributed by atoms with E-state index < -0.39 is 17.6 Å². The number of hydrogen-bond acceptors (Lipinski definition) is 4. The molecule has 1 aliphatic rings. The number of rotatable bonds is 5. The van der Waals surface area contributed by atoms with Crippen LogP contribution in [0.2, 0.25) is 0 Å². The van der Waals surface area contributed by atoms with Gasteiger partial charge in [-0.05, 0) is 61.7 Å². The van der Waals surface area contributed by atoms with Crippen LogP contribution >= 0.6 is 0 Å². The molecule has 2 amide bonds. The minimum Gasteiger partial charge on any atom is -0.348 e. The Labute approximate surface area is 157 Å². The minimum atomic E-state index is -0.783. The Morgan fingerprint density at radius 1 is 1.15 bits per heavy atom. The highest BCUT2D eigenvalue weighted by molar-refractivity contribution is 6.39. The van der Waals surface area contributed by atoms with Crippen molar-refractivity contribution in [2.75, 3.05) is 25.0 Å². The fraction of sp³-hybridized carbons (Fsp3) is 0.350. The first-order valence-electron chi connectivity index (χ1n) is 9.06. The van der Waals surface area contributed by atoms with Crippen LogP contribution in [0.4, 0.5) is 10.1 Å². The average Bonchev–Trinajstić information content (AvgIpc) is 2.68. The SMILES string of the molecule is O=C(NCC1CCN(Cc2cccnc2)CC1)C(=O)Nc1cccc(F)c1. The van der Waals surface area contributed by atoms with Gasteiger partial charge in [-0.25, -0.2) is 4.39 Å². The number of nitrogens with one attached hydrogen (secondary N) is 2. The highest BCUT2D eigenvalue weighted by Gasteiger charge is 2.21. The first-order chi connectivity index (χ1) is 13.1. The van der Waals surface area contributed by atoms with Crippen LogP contribution in [0.5, 0.6) is 0 Å². The molecule has 0 atom stereocenters. The molecule has 7 heteroatoms. The Morgan fingerprint density at radius 3 is 2.67 bits per heavy atom. The molecule has 0 radical (unpaired) electrons. The lowest BCUT2D eigenvalue weighted by molar-refractivity contribution is -0.136. The second-order valence-corrected chi connectivity index (χ2v) is 6.76. The maximum Gasteiger partial charge on any atom is 0.313 e. The third-order valence-corrected chi connectivity index (χ3v) is 4.68. The smallest absolute Gasteiger partial charge is 0.313 e. The lowest BCUT2D eigenvalue weighted by atomic mass is 9.96. The highest BCUT2D eigenvalue weighted by Crippen LogP contribution is 2.18. The molecule has 0 saturated carbocycles. The average molecular weight is 370 g/mol. The van der Waals surface area contributed by atoms with Gasteiger partial charge in [0.2, 0.25) is 0 Å². The molecule has 0 bridgehead atoms. The summed E-state index contributed by atoms with van der Waals surface area (Å²) in [7, 11) is 0. The van der Waals surface area contributed by atoms with Crippen molar-refractivity contribution in [2.24, 2.45) is 5.92 Å². The number of hydrogen-bond donors (Lipinski definition) is 2. The zero-order valence-corrected chi connectivity index (χ0v) is 15.0. The summed E-state index contributed by atoms with van der Waals surface area (Å²) in [6, 6.07) is 9.46. The van der Waals surface area contributed by atoms with Crippen molar-refractivity contribution in [3.05, 3.63) is 60.2 Å². The molecule has 0 spiro atoms. The predicted octanol–water partition coefficient (Wildman–Crippen LogP) is 2.19. The molecular formula is C20H23FN4O2. The van der Waals surface area contributed by atoms with Gasteiger partial charge in [-0.1, -0.05) is 12.1 Å². The third kappa shape index (κ3) is 5.86. The van der Waals surface area contributed by atoms with Gasteiger partial charge in [-0.2, -0.15) is 0 Å². The van der Waals surface area contributed by atoms with E-state index in [1.54, 1.807) is 6.20 Å². The number of anilines is 1. The van der Waals surface area contributed by atoms with Crippen molar-refractivity contribution in [2.45, 2.75) is 19.4 Å². The molecular weight excluding hydrogens is 347 g/mol. The van der Waals surface area contributed by atoms with Crippen LogP contribution in [0.15, 0.2) is 48.8 Å². The van der Waals surface area contributed by atoms with E-state index >= 15 is 0 Å². The molecule has 0 aliphatic carbocycles. The number of carbonyl (C=O) groups excluding carboxylic acids is 2. The summed E-state index contributed by atoms with van der Waals surface area (Å²) in [6.07, 6.45) is 5.57. The second kappa shape index (κ2) is 9.23. The summed E-state index contributed by atoms with van der Waals surface area (Å²) in [4.78, 5) is 30.3. The predicted molar refractivity (Wildman–Crippen MR) is 100 cm³/mol. The van der Waals surface area contributed by atoms with Crippen LogP contribution in [0, 0.1) is 11.7 Å². The van der Waals surface area contributed by atoms with Gasteiger partial charge in [-0.15, -0.1) is 0 Å². The normalized spacial score (nSPS) is 15.3. The number of nitrogens with zero attached hydrogens (tertiary/aromatic N) is 2. The van der Waals surface area contributed by atoms with Crippen LogP contribution in [0.1, 0.15) is 18.4 Å². The molecule has 142 valence electrons. The number of piperidine rings is 1. The first kappa shape index (κ1) is 19.0. The summed E-state index contributed by atoms with van der Waals surface area (Å²) < 4.78 is 13.1. The van der Waals surface area contributed by atoms with Gasteiger partial charge in [0.1, 0.15) is 5.82 Å². The maximum absolute atomic E-state index is 13.1. The Balaban J connectivity index is 1.38. The zero-order valence-electron chi connectivity index (χ0n) is 15.0. The van der Waals surface area contributed by atoms with Gasteiger partial charge in [0.15, 0.2) is 0 Å². The van der Waals surface area contributed by atoms with E-state index in [0.29, 0.717) is 12.5 Å². The quantitative estimate of drug-likeness (QED) is 0.792. The lowest BCUT2D eigenvalue weighted by Gasteiger charge is -2.31. The van der Waals surface area contributed by atoms with Gasteiger partial charge in [0, 0.05) is 31.2 Å². The molecule has 1 aromatic heterocycles. The van der Waals surface area contributed by atoms with Gasteiger partial charge >= 0.3 is 11.8 Å². The van der Waals surface area contributed by atoms with Crippen molar-refractivity contribution in [1.29, 1.82) is 0 Å². The van der Waals surface area contributed by atoms with Crippen LogP contribution in [-0.4, -0.2) is 41.3 Å². The number of likely N-dealkylation sites (tertiary alicyclic amines) is 1. The van der Waals surface area contributed by atoms with E-state index in [4.69, 9.17) is 0 Å². The molecule has 3 rings (SSSR count). The fourth-order valence-electron chi connectivity index (χ4n) is 3.17. The van der Waals surface area contributed by atoms with Gasteiger partial charge in [0.05, 0.1) is 0 Å². The third-order valence-electron chi connectivity index (χ3n) is 4.68. The topological polar surface area (TPSA) is 74.3 Å². The zero-order chi connectivity index (χ0) is 19.1. The number of aromatic nitrogens is 1. The molecule has 1 saturated heterocycles. The van der Waals surface area contributed by atoms with E-state index in [1.165, 1.54) is 29.8 Å². The number of benzene rings is 1. The largest absolute Gasteiger partial charge is 0.348 e. The monoisotopic (exact) mass is 370 g/mol. The summed E-state index contributed by atoms with van der Waals surface area (Å²) in [6.45, 7) is 3.24. The highest BCUT2D eigenvalue weighted by atomic mass is 19.1. The number of pyridine rings is 1. The van der Waals surface area contributed by atoms with E-state index in [9.17, 15) is 14.0 Å². The number of carbonyl (C=O) groups is 2. The van der Waals surface area contributed by atoms with Crippen LogP contribution in [0.3, 0.4) is 0 Å². The van der Waals surface area contributed by atoms with Crippen molar-refractivity contribution in [3.63, 3.8) is 0 Å². The molecule has 6 nitrogen and oxygen atoms in total. The van der Waals surface area contributed by atoms with Crippen molar-refractivity contribution in [1.82, 2.24) is 15.2 Å². The van der Waals surface area contributed by atoms with Gasteiger partial charge in [-0.3, -0.25) is 19.5 Å². The Morgan fingerprint density at radius 2 is 1.96 bits per heavy atom. The van der Waals surface area contributed by atoms with E-state index in [1.807, 2.05) is 12.3 Å². The van der Waals surface area contributed by atoms with Crippen LogP contribution in [-0.2, 0) is 16.1 Å². The summed E-state index contributed by atoms with van der Waals surface area (Å²) >= 11 is 0. The number of amides is 2. The summed E-state index contributed by atoms with van der Waals surface area (Å²) in [5.41, 5.74) is 1.46. The first-order valence-corrected chi connectivity index (χ1v) is 9.06. The summed E-state index contributed by atoms with van der Waals surface area (Å²) in [5, 5.41) is 5.08. The summed E-state index contributed by atoms with van der Waals surface area (Å²) in [5.74, 6) is -1.60. The maximum atomic E-state index is 13.1. The molecule has 1 aromatic carbocycles. The number of halogens is 1. The fourth-order valence-corrected chi connectivity index (χ4v) is 3.17. The van der Waals surface area contributed by atoms with Crippen molar-refractivity contribution >= 4 is 17.5 Å². The molecule has 0 unspecified atom stereocenters. The van der Waals surface area contributed by atoms with E-state index in [-0.39, 0.29) is 5.69 Å². The van der Waals surface area contributed by atoms with Gasteiger partial charge < -0.3 is 10.6 Å². The molecule has 2 aromatic rings. The van der Waals surface area contributed by atoms with Gasteiger partial charge in [0.25, 0.3) is 0 Å². The standard InChI is InChI=1S/C20H23FN4O2/c21-17-4-1-5-18(11-17)24-20(27)19(26)23-13-15-6-9-25(10-7-15)14-16-3-2-8-22-12-16/h1-5,8,11-12,15H,6-7,9-10,13-14H2,(H,23,26)(H,24,27). The Hall–Kier alpha value is -2.80. The van der Waals surface area contributed by atoms with Crippen molar-refractivity contribution in [3.8, 4) is 0 Å². The Bertz CT molecular complexity index is 777. The molecule has 1 fully saturated rings. The lowest BCUT2D eigenvalue weighted by Crippen LogP contribution is -2.41. The molecule has 27 heavy (non-hydrogen) atoms. The molecule has 2 heterocycles. The van der Waals surface area contributed by atoms with E-state index in [2.05, 4.69) is 26.6 Å². The molecule has 2 N–H and O–H groups in total. The Kier molecular flexibility index (Phi) is 6.49. The minimum absolute atomic E-state index is 0.263. The van der Waals surface area contributed by atoms with E-state index in [0.717, 1.165) is 32.5 Å². The van der Waals surface area contributed by atoms with Crippen molar-refractivity contribution < 1.29 is 14.0 Å². The second-order valence-electron chi connectivity index (χ2n) is 6.76. The van der Waals surface area contributed by atoms with Crippen LogP contribution in [0.25, 0.3) is 0 Å².